The topological polar surface area (TPSA) is 28.2 Å². The van der Waals surface area contributed by atoms with Gasteiger partial charge in [0, 0.05) is 31.5 Å². The lowest BCUT2D eigenvalue weighted by atomic mass is 9.99. The molecule has 0 aliphatic carbocycles. The number of rotatable bonds is 5. The zero-order chi connectivity index (χ0) is 12.8. The third-order valence-electron chi connectivity index (χ3n) is 3.96. The third-order valence-corrected chi connectivity index (χ3v) is 3.96. The molecular formula is C15H25N3. The van der Waals surface area contributed by atoms with E-state index in [0.717, 1.165) is 12.5 Å². The molecule has 0 aromatic carbocycles. The molecule has 1 aliphatic rings. The van der Waals surface area contributed by atoms with Gasteiger partial charge in [0.25, 0.3) is 0 Å². The summed E-state index contributed by atoms with van der Waals surface area (Å²) in [6.45, 7) is 9.35. The summed E-state index contributed by atoms with van der Waals surface area (Å²) in [6.07, 6.45) is 6.44. The standard InChI is InChI=1S/C15H25N3/c1-13-5-10-18(11-6-13)12-9-17-14(2)15-3-7-16-8-4-15/h3-4,7-8,13-14,17H,5-6,9-12H2,1-2H3. The van der Waals surface area contributed by atoms with Crippen molar-refractivity contribution in [1.29, 1.82) is 0 Å². The molecule has 1 fully saturated rings. The monoisotopic (exact) mass is 247 g/mol. The maximum absolute atomic E-state index is 4.05. The summed E-state index contributed by atoms with van der Waals surface area (Å²) in [4.78, 5) is 6.63. The fourth-order valence-corrected chi connectivity index (χ4v) is 2.49. The summed E-state index contributed by atoms with van der Waals surface area (Å²) in [7, 11) is 0. The minimum absolute atomic E-state index is 0.414. The molecule has 1 aromatic rings. The van der Waals surface area contributed by atoms with E-state index in [1.165, 1.54) is 38.0 Å². The van der Waals surface area contributed by atoms with Crippen LogP contribution in [0.4, 0.5) is 0 Å². The Bertz CT molecular complexity index is 331. The van der Waals surface area contributed by atoms with Gasteiger partial charge in [0.15, 0.2) is 0 Å². The summed E-state index contributed by atoms with van der Waals surface area (Å²) in [6, 6.07) is 4.58. The fraction of sp³-hybridized carbons (Fsp3) is 0.667. The first-order valence-electron chi connectivity index (χ1n) is 7.11. The van der Waals surface area contributed by atoms with Gasteiger partial charge < -0.3 is 10.2 Å². The van der Waals surface area contributed by atoms with Gasteiger partial charge >= 0.3 is 0 Å². The van der Waals surface area contributed by atoms with Crippen LogP contribution in [0.5, 0.6) is 0 Å². The van der Waals surface area contributed by atoms with Crippen molar-refractivity contribution in [3.63, 3.8) is 0 Å². The second-order valence-electron chi connectivity index (χ2n) is 5.48. The Morgan fingerprint density at radius 3 is 2.67 bits per heavy atom. The Balaban J connectivity index is 1.66. The van der Waals surface area contributed by atoms with Crippen LogP contribution in [0.3, 0.4) is 0 Å². The molecule has 2 rings (SSSR count). The van der Waals surface area contributed by atoms with E-state index in [0.29, 0.717) is 6.04 Å². The molecule has 1 aromatic heterocycles. The Hall–Kier alpha value is -0.930. The van der Waals surface area contributed by atoms with E-state index in [4.69, 9.17) is 0 Å². The molecule has 0 saturated carbocycles. The second-order valence-corrected chi connectivity index (χ2v) is 5.48. The predicted molar refractivity (Wildman–Crippen MR) is 75.5 cm³/mol. The van der Waals surface area contributed by atoms with E-state index >= 15 is 0 Å². The van der Waals surface area contributed by atoms with E-state index in [1.54, 1.807) is 0 Å². The van der Waals surface area contributed by atoms with E-state index < -0.39 is 0 Å². The van der Waals surface area contributed by atoms with Gasteiger partial charge in [-0.25, -0.2) is 0 Å². The molecule has 1 aliphatic heterocycles. The molecule has 1 unspecified atom stereocenters. The van der Waals surface area contributed by atoms with Gasteiger partial charge in [0.2, 0.25) is 0 Å². The highest BCUT2D eigenvalue weighted by atomic mass is 15.1. The molecule has 0 bridgehead atoms. The second kappa shape index (κ2) is 6.86. The maximum atomic E-state index is 4.05. The summed E-state index contributed by atoms with van der Waals surface area (Å²) in [5.74, 6) is 0.921. The van der Waals surface area contributed by atoms with Crippen molar-refractivity contribution in [3.8, 4) is 0 Å². The van der Waals surface area contributed by atoms with Gasteiger partial charge in [-0.3, -0.25) is 4.98 Å². The SMILES string of the molecule is CC1CCN(CCNC(C)c2ccncc2)CC1. The minimum Gasteiger partial charge on any atom is -0.309 e. The number of aromatic nitrogens is 1. The lowest BCUT2D eigenvalue weighted by Crippen LogP contribution is -2.38. The molecule has 3 nitrogen and oxygen atoms in total. The molecule has 0 amide bonds. The molecule has 1 saturated heterocycles. The van der Waals surface area contributed by atoms with Crippen molar-refractivity contribution in [3.05, 3.63) is 30.1 Å². The highest BCUT2D eigenvalue weighted by molar-refractivity contribution is 5.13. The van der Waals surface area contributed by atoms with Crippen molar-refractivity contribution >= 4 is 0 Å². The molecule has 1 atom stereocenters. The smallest absolute Gasteiger partial charge is 0.0293 e. The lowest BCUT2D eigenvalue weighted by molar-refractivity contribution is 0.191. The number of hydrogen-bond donors (Lipinski definition) is 1. The number of piperidine rings is 1. The van der Waals surface area contributed by atoms with Crippen molar-refractivity contribution in [2.75, 3.05) is 26.2 Å². The molecule has 18 heavy (non-hydrogen) atoms. The average molecular weight is 247 g/mol. The van der Waals surface area contributed by atoms with Gasteiger partial charge in [0.1, 0.15) is 0 Å². The van der Waals surface area contributed by atoms with Crippen molar-refractivity contribution in [2.24, 2.45) is 5.92 Å². The number of likely N-dealkylation sites (tertiary alicyclic amines) is 1. The van der Waals surface area contributed by atoms with Crippen LogP contribution >= 0.6 is 0 Å². The quantitative estimate of drug-likeness (QED) is 0.866. The van der Waals surface area contributed by atoms with Gasteiger partial charge in [-0.2, -0.15) is 0 Å². The van der Waals surface area contributed by atoms with Gasteiger partial charge in [0.05, 0.1) is 0 Å². The van der Waals surface area contributed by atoms with E-state index in [2.05, 4.69) is 41.2 Å². The highest BCUT2D eigenvalue weighted by Crippen LogP contribution is 2.15. The van der Waals surface area contributed by atoms with Crippen LogP contribution in [0.25, 0.3) is 0 Å². The van der Waals surface area contributed by atoms with E-state index in [9.17, 15) is 0 Å². The van der Waals surface area contributed by atoms with Crippen LogP contribution in [0.2, 0.25) is 0 Å². The summed E-state index contributed by atoms with van der Waals surface area (Å²) in [5.41, 5.74) is 1.32. The zero-order valence-corrected chi connectivity index (χ0v) is 11.6. The Kier molecular flexibility index (Phi) is 5.14. The minimum atomic E-state index is 0.414. The van der Waals surface area contributed by atoms with Crippen molar-refractivity contribution in [2.45, 2.75) is 32.7 Å². The highest BCUT2D eigenvalue weighted by Gasteiger charge is 2.15. The normalized spacial score (nSPS) is 19.9. The molecule has 0 spiro atoms. The van der Waals surface area contributed by atoms with Crippen LogP contribution in [0.15, 0.2) is 24.5 Å². The number of nitrogens with one attached hydrogen (secondary N) is 1. The van der Waals surface area contributed by atoms with Crippen molar-refractivity contribution in [1.82, 2.24) is 15.2 Å². The lowest BCUT2D eigenvalue weighted by Gasteiger charge is -2.30. The van der Waals surface area contributed by atoms with Crippen molar-refractivity contribution < 1.29 is 0 Å². The Morgan fingerprint density at radius 1 is 1.33 bits per heavy atom. The van der Waals surface area contributed by atoms with Crippen LogP contribution in [0, 0.1) is 5.92 Å². The first-order valence-corrected chi connectivity index (χ1v) is 7.11. The molecular weight excluding hydrogens is 222 g/mol. The first kappa shape index (κ1) is 13.5. The molecule has 100 valence electrons. The molecule has 1 N–H and O–H groups in total. The summed E-state index contributed by atoms with van der Waals surface area (Å²) >= 11 is 0. The third kappa shape index (κ3) is 4.07. The maximum Gasteiger partial charge on any atom is 0.0293 e. The fourth-order valence-electron chi connectivity index (χ4n) is 2.49. The van der Waals surface area contributed by atoms with Gasteiger partial charge in [-0.1, -0.05) is 6.92 Å². The molecule has 2 heterocycles. The predicted octanol–water partition coefficient (Wildman–Crippen LogP) is 2.46. The first-order chi connectivity index (χ1) is 8.75. The zero-order valence-electron chi connectivity index (χ0n) is 11.6. The van der Waals surface area contributed by atoms with E-state index in [-0.39, 0.29) is 0 Å². The Morgan fingerprint density at radius 2 is 2.00 bits per heavy atom. The van der Waals surface area contributed by atoms with Crippen LogP contribution in [0.1, 0.15) is 38.3 Å². The van der Waals surface area contributed by atoms with Gasteiger partial charge in [-0.15, -0.1) is 0 Å². The number of hydrogen-bond acceptors (Lipinski definition) is 3. The van der Waals surface area contributed by atoms with E-state index in [1.807, 2.05) is 12.4 Å². The summed E-state index contributed by atoms with van der Waals surface area (Å²) in [5, 5.41) is 3.59. The summed E-state index contributed by atoms with van der Waals surface area (Å²) < 4.78 is 0. The molecule has 0 radical (unpaired) electrons. The van der Waals surface area contributed by atoms with Crippen LogP contribution < -0.4 is 5.32 Å². The Labute approximate surface area is 111 Å². The molecule has 3 heteroatoms. The number of nitrogens with zero attached hydrogens (tertiary/aromatic N) is 2. The largest absolute Gasteiger partial charge is 0.309 e. The van der Waals surface area contributed by atoms with Crippen LogP contribution in [-0.2, 0) is 0 Å². The average Bonchev–Trinajstić information content (AvgIpc) is 2.42. The van der Waals surface area contributed by atoms with Gasteiger partial charge in [-0.05, 0) is 56.5 Å². The number of pyridine rings is 1. The van der Waals surface area contributed by atoms with Crippen LogP contribution in [-0.4, -0.2) is 36.1 Å².